The Bertz CT molecular complexity index is 613. The molecule has 0 aromatic heterocycles. The topological polar surface area (TPSA) is 75.7 Å². The van der Waals surface area contributed by atoms with Gasteiger partial charge in [0.1, 0.15) is 5.75 Å². The van der Waals surface area contributed by atoms with Crippen LogP contribution in [0.5, 0.6) is 5.75 Å². The molecule has 0 aliphatic carbocycles. The van der Waals surface area contributed by atoms with Crippen molar-refractivity contribution in [2.45, 2.75) is 11.8 Å². The third kappa shape index (κ3) is 5.09. The van der Waals surface area contributed by atoms with Gasteiger partial charge in [-0.2, -0.15) is 0 Å². The van der Waals surface area contributed by atoms with Crippen LogP contribution in [0.3, 0.4) is 0 Å². The number of hydrogen-bond acceptors (Lipinski definition) is 5. The molecular weight excluding hydrogens is 340 g/mol. The summed E-state index contributed by atoms with van der Waals surface area (Å²) < 4.78 is 29.8. The molecule has 23 heavy (non-hydrogen) atoms. The van der Waals surface area contributed by atoms with Crippen LogP contribution in [0.15, 0.2) is 29.2 Å². The molecule has 1 saturated heterocycles. The van der Waals surface area contributed by atoms with Gasteiger partial charge < -0.3 is 15.0 Å². The number of methoxy groups -OCH3 is 1. The fourth-order valence-corrected chi connectivity index (χ4v) is 4.02. The van der Waals surface area contributed by atoms with Gasteiger partial charge in [-0.05, 0) is 24.3 Å². The summed E-state index contributed by atoms with van der Waals surface area (Å²) >= 11 is 0. The predicted molar refractivity (Wildman–Crippen MR) is 90.9 cm³/mol. The largest absolute Gasteiger partial charge is 0.497 e. The summed E-state index contributed by atoms with van der Waals surface area (Å²) in [6.45, 7) is 4.44. The first-order valence-corrected chi connectivity index (χ1v) is 8.95. The molecule has 1 N–H and O–H groups in total. The summed E-state index contributed by atoms with van der Waals surface area (Å²) in [6, 6.07) is 6.23. The minimum atomic E-state index is -3.49. The summed E-state index contributed by atoms with van der Waals surface area (Å²) in [6.07, 6.45) is 0. The first kappa shape index (κ1) is 19.7. The van der Waals surface area contributed by atoms with Gasteiger partial charge in [0.15, 0.2) is 9.84 Å². The lowest BCUT2D eigenvalue weighted by molar-refractivity contribution is -0.134. The Balaban J connectivity index is 0.00000264. The van der Waals surface area contributed by atoms with E-state index in [-0.39, 0.29) is 29.0 Å². The van der Waals surface area contributed by atoms with E-state index in [1.165, 1.54) is 19.2 Å². The minimum absolute atomic E-state index is 0. The van der Waals surface area contributed by atoms with E-state index in [1.807, 2.05) is 0 Å². The molecule has 1 aliphatic heterocycles. The molecule has 1 aromatic carbocycles. The summed E-state index contributed by atoms with van der Waals surface area (Å²) in [4.78, 5) is 14.3. The first-order chi connectivity index (χ1) is 10.4. The van der Waals surface area contributed by atoms with Crippen LogP contribution in [-0.2, 0) is 14.6 Å². The normalized spacial score (nSPS) is 16.3. The standard InChI is InChI=1S/C15H22N2O4S.ClH/c1-12(15(18)17-9-7-16-8-10-17)11-22(19,20)14-5-3-13(21-2)4-6-14;/h3-6,12,16H,7-11H2,1-2H3;1H. The quantitative estimate of drug-likeness (QED) is 0.844. The monoisotopic (exact) mass is 362 g/mol. The van der Waals surface area contributed by atoms with Crippen molar-refractivity contribution < 1.29 is 17.9 Å². The molecule has 1 aromatic rings. The Morgan fingerprint density at radius 2 is 1.83 bits per heavy atom. The Kier molecular flexibility index (Phi) is 7.31. The van der Waals surface area contributed by atoms with E-state index in [0.29, 0.717) is 18.8 Å². The van der Waals surface area contributed by atoms with E-state index in [4.69, 9.17) is 4.74 Å². The van der Waals surface area contributed by atoms with Gasteiger partial charge in [-0.15, -0.1) is 12.4 Å². The van der Waals surface area contributed by atoms with Crippen LogP contribution in [-0.4, -0.2) is 58.3 Å². The molecule has 0 saturated carbocycles. The molecule has 130 valence electrons. The summed E-state index contributed by atoms with van der Waals surface area (Å²) in [5, 5.41) is 3.17. The zero-order valence-corrected chi connectivity index (χ0v) is 15.0. The molecular formula is C15H23ClN2O4S. The number of piperazine rings is 1. The van der Waals surface area contributed by atoms with Crippen molar-refractivity contribution in [3.8, 4) is 5.75 Å². The second-order valence-corrected chi connectivity index (χ2v) is 7.47. The highest BCUT2D eigenvalue weighted by Gasteiger charge is 2.27. The third-order valence-corrected chi connectivity index (χ3v) is 5.67. The molecule has 0 bridgehead atoms. The average Bonchev–Trinajstić information content (AvgIpc) is 2.54. The van der Waals surface area contributed by atoms with Crippen LogP contribution in [0, 0.1) is 5.92 Å². The van der Waals surface area contributed by atoms with Crippen molar-refractivity contribution in [3.05, 3.63) is 24.3 Å². The number of hydrogen-bond donors (Lipinski definition) is 1. The SMILES string of the molecule is COc1ccc(S(=O)(=O)CC(C)C(=O)N2CCNCC2)cc1.Cl. The van der Waals surface area contributed by atoms with Crippen LogP contribution in [0.4, 0.5) is 0 Å². The lowest BCUT2D eigenvalue weighted by Crippen LogP contribution is -2.48. The lowest BCUT2D eigenvalue weighted by atomic mass is 10.2. The summed E-state index contributed by atoms with van der Waals surface area (Å²) in [7, 11) is -1.96. The maximum absolute atomic E-state index is 12.4. The second kappa shape index (κ2) is 8.52. The van der Waals surface area contributed by atoms with Gasteiger partial charge in [-0.3, -0.25) is 4.79 Å². The lowest BCUT2D eigenvalue weighted by Gasteiger charge is -2.29. The highest BCUT2D eigenvalue weighted by Crippen LogP contribution is 2.19. The van der Waals surface area contributed by atoms with Crippen LogP contribution in [0.2, 0.25) is 0 Å². The highest BCUT2D eigenvalue weighted by atomic mass is 35.5. The minimum Gasteiger partial charge on any atom is -0.497 e. The van der Waals surface area contributed by atoms with Gasteiger partial charge >= 0.3 is 0 Å². The number of carbonyl (C=O) groups excluding carboxylic acids is 1. The molecule has 8 heteroatoms. The highest BCUT2D eigenvalue weighted by molar-refractivity contribution is 7.91. The van der Waals surface area contributed by atoms with E-state index in [1.54, 1.807) is 24.0 Å². The Labute approximate surface area is 143 Å². The molecule has 1 heterocycles. The van der Waals surface area contributed by atoms with Gasteiger partial charge in [0, 0.05) is 32.1 Å². The molecule has 1 aliphatic rings. The van der Waals surface area contributed by atoms with Gasteiger partial charge in [-0.25, -0.2) is 8.42 Å². The van der Waals surface area contributed by atoms with E-state index in [0.717, 1.165) is 13.1 Å². The van der Waals surface area contributed by atoms with Crippen molar-refractivity contribution in [2.75, 3.05) is 39.0 Å². The van der Waals surface area contributed by atoms with E-state index < -0.39 is 15.8 Å². The van der Waals surface area contributed by atoms with Gasteiger partial charge in [-0.1, -0.05) is 6.92 Å². The molecule has 1 fully saturated rings. The molecule has 0 radical (unpaired) electrons. The number of nitrogens with one attached hydrogen (secondary N) is 1. The molecule has 0 spiro atoms. The Morgan fingerprint density at radius 1 is 1.26 bits per heavy atom. The maximum atomic E-state index is 12.4. The smallest absolute Gasteiger partial charge is 0.226 e. The third-order valence-electron chi connectivity index (χ3n) is 3.74. The predicted octanol–water partition coefficient (Wildman–Crippen LogP) is 0.959. The number of rotatable bonds is 5. The fraction of sp³-hybridized carbons (Fsp3) is 0.533. The van der Waals surface area contributed by atoms with Gasteiger partial charge in [0.2, 0.25) is 5.91 Å². The zero-order valence-electron chi connectivity index (χ0n) is 13.3. The van der Waals surface area contributed by atoms with E-state index in [9.17, 15) is 13.2 Å². The van der Waals surface area contributed by atoms with Crippen molar-refractivity contribution in [3.63, 3.8) is 0 Å². The average molecular weight is 363 g/mol. The van der Waals surface area contributed by atoms with Crippen molar-refractivity contribution in [2.24, 2.45) is 5.92 Å². The molecule has 1 amide bonds. The number of sulfone groups is 1. The molecule has 1 unspecified atom stereocenters. The number of halogens is 1. The number of nitrogens with zero attached hydrogens (tertiary/aromatic N) is 1. The van der Waals surface area contributed by atoms with Gasteiger partial charge in [0.05, 0.1) is 17.8 Å². The van der Waals surface area contributed by atoms with Crippen LogP contribution in [0.1, 0.15) is 6.92 Å². The van der Waals surface area contributed by atoms with E-state index in [2.05, 4.69) is 5.32 Å². The molecule has 6 nitrogen and oxygen atoms in total. The first-order valence-electron chi connectivity index (χ1n) is 7.30. The maximum Gasteiger partial charge on any atom is 0.226 e. The Morgan fingerprint density at radius 3 is 2.35 bits per heavy atom. The Hall–Kier alpha value is -1.31. The molecule has 1 atom stereocenters. The number of carbonyl (C=O) groups is 1. The second-order valence-electron chi connectivity index (χ2n) is 5.43. The van der Waals surface area contributed by atoms with Gasteiger partial charge in [0.25, 0.3) is 0 Å². The van der Waals surface area contributed by atoms with Crippen molar-refractivity contribution in [1.82, 2.24) is 10.2 Å². The van der Waals surface area contributed by atoms with Crippen LogP contribution in [0.25, 0.3) is 0 Å². The molecule has 2 rings (SSSR count). The summed E-state index contributed by atoms with van der Waals surface area (Å²) in [5.74, 6) is -0.227. The zero-order chi connectivity index (χ0) is 16.2. The van der Waals surface area contributed by atoms with Crippen molar-refractivity contribution in [1.29, 1.82) is 0 Å². The number of benzene rings is 1. The van der Waals surface area contributed by atoms with Crippen LogP contribution < -0.4 is 10.1 Å². The number of ether oxygens (including phenoxy) is 1. The summed E-state index contributed by atoms with van der Waals surface area (Å²) in [5.41, 5.74) is 0. The fourth-order valence-electron chi connectivity index (χ4n) is 2.48. The van der Waals surface area contributed by atoms with Crippen molar-refractivity contribution >= 4 is 28.2 Å². The number of amides is 1. The van der Waals surface area contributed by atoms with E-state index >= 15 is 0 Å². The van der Waals surface area contributed by atoms with Crippen LogP contribution >= 0.6 is 12.4 Å².